The Bertz CT molecular complexity index is 628. The average molecular weight is 304 g/mol. The minimum Gasteiger partial charge on any atom is -0.355 e. The Morgan fingerprint density at radius 1 is 1.33 bits per heavy atom. The third kappa shape index (κ3) is 2.85. The molecule has 1 aliphatic heterocycles. The number of hydrogen-bond acceptors (Lipinski definition) is 3. The van der Waals surface area contributed by atoms with Gasteiger partial charge in [0.15, 0.2) is 0 Å². The second-order valence-corrected chi connectivity index (χ2v) is 6.22. The number of likely N-dealkylation sites (tertiary alicyclic amines) is 1. The Hall–Kier alpha value is -1.32. The maximum Gasteiger partial charge on any atom is 0.136 e. The van der Waals surface area contributed by atoms with Gasteiger partial charge in [0.25, 0.3) is 0 Å². The predicted octanol–water partition coefficient (Wildman–Crippen LogP) is 3.50. The fourth-order valence-corrected chi connectivity index (χ4v) is 3.47. The lowest BCUT2D eigenvalue weighted by Gasteiger charge is -2.37. The molecule has 0 aliphatic carbocycles. The van der Waals surface area contributed by atoms with Crippen LogP contribution in [-0.2, 0) is 5.88 Å². The van der Waals surface area contributed by atoms with Crippen LogP contribution in [0.1, 0.15) is 18.4 Å². The zero-order valence-corrected chi connectivity index (χ0v) is 13.5. The summed E-state index contributed by atoms with van der Waals surface area (Å²) >= 11 is 6.05. The van der Waals surface area contributed by atoms with Crippen molar-refractivity contribution in [3.05, 3.63) is 36.0 Å². The molecule has 1 aromatic heterocycles. The van der Waals surface area contributed by atoms with Crippen molar-refractivity contribution < 1.29 is 0 Å². The first-order valence-corrected chi connectivity index (χ1v) is 8.08. The van der Waals surface area contributed by atoms with Crippen molar-refractivity contribution in [3.63, 3.8) is 0 Å². The van der Waals surface area contributed by atoms with Crippen LogP contribution in [0.4, 0.5) is 5.82 Å². The van der Waals surface area contributed by atoms with Gasteiger partial charge in [-0.3, -0.25) is 0 Å². The maximum atomic E-state index is 6.05. The van der Waals surface area contributed by atoms with Gasteiger partial charge in [-0.25, -0.2) is 4.98 Å². The van der Waals surface area contributed by atoms with Gasteiger partial charge in [0, 0.05) is 37.1 Å². The Balaban J connectivity index is 2.00. The van der Waals surface area contributed by atoms with Crippen LogP contribution < -0.4 is 4.90 Å². The topological polar surface area (TPSA) is 19.4 Å². The smallest absolute Gasteiger partial charge is 0.136 e. The van der Waals surface area contributed by atoms with E-state index < -0.39 is 0 Å². The summed E-state index contributed by atoms with van der Waals surface area (Å²) in [5.74, 6) is 1.57. The van der Waals surface area contributed by atoms with Crippen molar-refractivity contribution in [2.45, 2.75) is 24.8 Å². The molecule has 0 bridgehead atoms. The van der Waals surface area contributed by atoms with Crippen molar-refractivity contribution in [2.24, 2.45) is 0 Å². The molecular weight excluding hydrogens is 282 g/mol. The van der Waals surface area contributed by atoms with E-state index in [9.17, 15) is 0 Å². The Labute approximate surface area is 131 Å². The van der Waals surface area contributed by atoms with Crippen LogP contribution in [0.5, 0.6) is 0 Å². The van der Waals surface area contributed by atoms with Crippen molar-refractivity contribution in [3.8, 4) is 0 Å². The molecule has 1 saturated heterocycles. The van der Waals surface area contributed by atoms with E-state index in [0.29, 0.717) is 11.9 Å². The van der Waals surface area contributed by atoms with E-state index in [1.165, 1.54) is 30.2 Å². The molecule has 3 rings (SSSR count). The normalized spacial score (nSPS) is 19.9. The summed E-state index contributed by atoms with van der Waals surface area (Å²) in [5.41, 5.74) is 1.10. The number of alkyl halides is 1. The monoisotopic (exact) mass is 303 g/mol. The largest absolute Gasteiger partial charge is 0.355 e. The van der Waals surface area contributed by atoms with Gasteiger partial charge in [-0.15, -0.1) is 11.6 Å². The molecule has 4 heteroatoms. The Morgan fingerprint density at radius 2 is 2.10 bits per heavy atom. The molecule has 1 aromatic carbocycles. The number of benzene rings is 1. The van der Waals surface area contributed by atoms with Crippen LogP contribution in [0.15, 0.2) is 30.5 Å². The summed E-state index contributed by atoms with van der Waals surface area (Å²) in [4.78, 5) is 9.45. The van der Waals surface area contributed by atoms with Crippen LogP contribution in [0.2, 0.25) is 0 Å². The average Bonchev–Trinajstić information content (AvgIpc) is 2.53. The fourth-order valence-electron chi connectivity index (χ4n) is 3.25. The lowest BCUT2D eigenvalue weighted by molar-refractivity contribution is 0.247. The molecule has 1 atom stereocenters. The molecule has 0 saturated carbocycles. The number of rotatable bonds is 3. The van der Waals surface area contributed by atoms with Gasteiger partial charge < -0.3 is 9.80 Å². The fraction of sp³-hybridized carbons (Fsp3) is 0.471. The lowest BCUT2D eigenvalue weighted by Crippen LogP contribution is -2.45. The SMILES string of the molecule is CN1CCCC(N(C)c2ncc(CCl)c3ccccc23)C1. The molecule has 1 unspecified atom stereocenters. The standard InChI is InChI=1S/C17H22ClN3/c1-20-9-5-6-14(12-20)21(2)17-16-8-4-3-7-15(16)13(10-18)11-19-17/h3-4,7-8,11,14H,5-6,9-10,12H2,1-2H3. The van der Waals surface area contributed by atoms with Crippen molar-refractivity contribution in [1.82, 2.24) is 9.88 Å². The van der Waals surface area contributed by atoms with Gasteiger partial charge in [0.2, 0.25) is 0 Å². The Morgan fingerprint density at radius 3 is 2.81 bits per heavy atom. The number of piperidine rings is 1. The number of hydrogen-bond donors (Lipinski definition) is 0. The second kappa shape index (κ2) is 6.20. The van der Waals surface area contributed by atoms with E-state index in [1.807, 2.05) is 6.20 Å². The van der Waals surface area contributed by atoms with Crippen molar-refractivity contribution in [2.75, 3.05) is 32.1 Å². The quantitative estimate of drug-likeness (QED) is 0.809. The molecule has 0 spiro atoms. The Kier molecular flexibility index (Phi) is 4.32. The van der Waals surface area contributed by atoms with Crippen LogP contribution in [-0.4, -0.2) is 43.1 Å². The van der Waals surface area contributed by atoms with Crippen LogP contribution in [0, 0.1) is 0 Å². The van der Waals surface area contributed by atoms with Gasteiger partial charge in [-0.1, -0.05) is 24.3 Å². The maximum absolute atomic E-state index is 6.05. The second-order valence-electron chi connectivity index (χ2n) is 5.96. The molecule has 2 aromatic rings. The molecule has 3 nitrogen and oxygen atoms in total. The minimum atomic E-state index is 0.504. The number of fused-ring (bicyclic) bond motifs is 1. The van der Waals surface area contributed by atoms with Crippen LogP contribution in [0.25, 0.3) is 10.8 Å². The van der Waals surface area contributed by atoms with Gasteiger partial charge in [0.1, 0.15) is 5.82 Å². The van der Waals surface area contributed by atoms with E-state index >= 15 is 0 Å². The first-order chi connectivity index (χ1) is 10.2. The summed E-state index contributed by atoms with van der Waals surface area (Å²) in [6.07, 6.45) is 4.41. The summed E-state index contributed by atoms with van der Waals surface area (Å²) in [7, 11) is 4.36. The number of nitrogens with zero attached hydrogens (tertiary/aromatic N) is 3. The van der Waals surface area contributed by atoms with Crippen LogP contribution in [0.3, 0.4) is 0 Å². The minimum absolute atomic E-state index is 0.504. The molecular formula is C17H22ClN3. The van der Waals surface area contributed by atoms with Gasteiger partial charge in [-0.05, 0) is 37.4 Å². The van der Waals surface area contributed by atoms with Crippen molar-refractivity contribution in [1.29, 1.82) is 0 Å². The van der Waals surface area contributed by atoms with E-state index in [4.69, 9.17) is 16.6 Å². The lowest BCUT2D eigenvalue weighted by atomic mass is 10.0. The molecule has 0 amide bonds. The highest BCUT2D eigenvalue weighted by Gasteiger charge is 2.23. The summed E-state index contributed by atoms with van der Waals surface area (Å²) in [5, 5.41) is 2.42. The highest BCUT2D eigenvalue weighted by molar-refractivity contribution is 6.18. The number of halogens is 1. The summed E-state index contributed by atoms with van der Waals surface area (Å²) in [6, 6.07) is 8.96. The zero-order chi connectivity index (χ0) is 14.8. The molecule has 21 heavy (non-hydrogen) atoms. The first-order valence-electron chi connectivity index (χ1n) is 7.54. The van der Waals surface area contributed by atoms with E-state index in [-0.39, 0.29) is 0 Å². The van der Waals surface area contributed by atoms with Gasteiger partial charge >= 0.3 is 0 Å². The highest BCUT2D eigenvalue weighted by Crippen LogP contribution is 2.29. The number of pyridine rings is 1. The van der Waals surface area contributed by atoms with Gasteiger partial charge in [0.05, 0.1) is 0 Å². The number of aromatic nitrogens is 1. The summed E-state index contributed by atoms with van der Waals surface area (Å²) < 4.78 is 0. The molecule has 112 valence electrons. The molecule has 0 N–H and O–H groups in total. The third-order valence-corrected chi connectivity index (χ3v) is 4.77. The third-order valence-electron chi connectivity index (χ3n) is 4.48. The van der Waals surface area contributed by atoms with E-state index in [1.54, 1.807) is 0 Å². The molecule has 1 fully saturated rings. The highest BCUT2D eigenvalue weighted by atomic mass is 35.5. The van der Waals surface area contributed by atoms with Crippen molar-refractivity contribution >= 4 is 28.2 Å². The van der Waals surface area contributed by atoms with Gasteiger partial charge in [-0.2, -0.15) is 0 Å². The van der Waals surface area contributed by atoms with E-state index in [2.05, 4.69) is 48.2 Å². The number of anilines is 1. The molecule has 0 radical (unpaired) electrons. The molecule has 2 heterocycles. The summed E-state index contributed by atoms with van der Waals surface area (Å²) in [6.45, 7) is 2.30. The number of likely N-dealkylation sites (N-methyl/N-ethyl adjacent to an activating group) is 2. The van der Waals surface area contributed by atoms with Crippen LogP contribution >= 0.6 is 11.6 Å². The molecule has 1 aliphatic rings. The zero-order valence-electron chi connectivity index (χ0n) is 12.7. The predicted molar refractivity (Wildman–Crippen MR) is 90.2 cm³/mol. The van der Waals surface area contributed by atoms with E-state index in [0.717, 1.165) is 17.9 Å². The first kappa shape index (κ1) is 14.6.